The number of carbonyl (C=O) groups is 1. The van der Waals surface area contributed by atoms with Crippen LogP contribution in [-0.2, 0) is 9.53 Å². The molecule has 0 saturated carbocycles. The second kappa shape index (κ2) is 7.02. The number of aliphatic imine (C=N–C) groups is 1. The van der Waals surface area contributed by atoms with Crippen molar-refractivity contribution in [3.8, 4) is 5.69 Å². The number of aromatic nitrogens is 2. The molecule has 1 aliphatic heterocycles. The molecular weight excluding hydrogens is 385 g/mol. The second-order valence-corrected chi connectivity index (χ2v) is 6.62. The SMILES string of the molecule is Cc1nn(-c2ccccc2)c(Cl)c1/C=C1/N=C(c2ccccc2Cl)OC1=O. The number of rotatable bonds is 3. The summed E-state index contributed by atoms with van der Waals surface area (Å²) in [6, 6.07) is 16.5. The lowest BCUT2D eigenvalue weighted by atomic mass is 10.2. The molecule has 7 heteroatoms. The Morgan fingerprint density at radius 2 is 1.74 bits per heavy atom. The smallest absolute Gasteiger partial charge is 0.363 e. The van der Waals surface area contributed by atoms with Gasteiger partial charge in [-0.05, 0) is 37.3 Å². The molecule has 1 aromatic heterocycles. The van der Waals surface area contributed by atoms with E-state index in [9.17, 15) is 4.79 Å². The fourth-order valence-electron chi connectivity index (χ4n) is 2.71. The lowest BCUT2D eigenvalue weighted by Gasteiger charge is -2.01. The van der Waals surface area contributed by atoms with Gasteiger partial charge in [0.05, 0.1) is 22.0 Å². The molecule has 0 spiro atoms. The summed E-state index contributed by atoms with van der Waals surface area (Å²) in [6.45, 7) is 1.82. The van der Waals surface area contributed by atoms with Crippen LogP contribution in [0.3, 0.4) is 0 Å². The molecule has 0 unspecified atom stereocenters. The highest BCUT2D eigenvalue weighted by Gasteiger charge is 2.26. The minimum Gasteiger partial charge on any atom is -0.402 e. The largest absolute Gasteiger partial charge is 0.402 e. The predicted octanol–water partition coefficient (Wildman–Crippen LogP) is 4.83. The van der Waals surface area contributed by atoms with Gasteiger partial charge in [-0.3, -0.25) is 0 Å². The first-order valence-corrected chi connectivity index (χ1v) is 8.88. The quantitative estimate of drug-likeness (QED) is 0.469. The molecule has 4 rings (SSSR count). The van der Waals surface area contributed by atoms with Gasteiger partial charge in [0, 0.05) is 5.56 Å². The summed E-state index contributed by atoms with van der Waals surface area (Å²) in [7, 11) is 0. The standard InChI is InChI=1S/C20H13Cl2N3O2/c1-12-15(18(22)25(24-12)13-7-3-2-4-8-13)11-17-20(26)27-19(23-17)14-9-5-6-10-16(14)21/h2-11H,1H3/b17-11+. The minimum absolute atomic E-state index is 0.141. The number of nitrogens with zero attached hydrogens (tertiary/aromatic N) is 3. The summed E-state index contributed by atoms with van der Waals surface area (Å²) in [6.07, 6.45) is 1.58. The fourth-order valence-corrected chi connectivity index (χ4v) is 3.25. The lowest BCUT2D eigenvalue weighted by molar-refractivity contribution is -0.129. The molecule has 0 saturated heterocycles. The lowest BCUT2D eigenvalue weighted by Crippen LogP contribution is -2.05. The molecule has 0 atom stereocenters. The van der Waals surface area contributed by atoms with Gasteiger partial charge >= 0.3 is 5.97 Å². The summed E-state index contributed by atoms with van der Waals surface area (Å²) < 4.78 is 6.89. The van der Waals surface area contributed by atoms with Crippen molar-refractivity contribution in [2.24, 2.45) is 4.99 Å². The monoisotopic (exact) mass is 397 g/mol. The van der Waals surface area contributed by atoms with E-state index in [1.165, 1.54) is 0 Å². The number of cyclic esters (lactones) is 1. The van der Waals surface area contributed by atoms with Crippen LogP contribution in [0, 0.1) is 6.92 Å². The Morgan fingerprint density at radius 3 is 2.48 bits per heavy atom. The first kappa shape index (κ1) is 17.5. The van der Waals surface area contributed by atoms with Crippen LogP contribution in [0.15, 0.2) is 65.3 Å². The molecule has 1 aliphatic rings. The summed E-state index contributed by atoms with van der Waals surface area (Å²) in [5.41, 5.74) is 2.80. The van der Waals surface area contributed by atoms with E-state index in [4.69, 9.17) is 27.9 Å². The highest BCUT2D eigenvalue weighted by Crippen LogP contribution is 2.28. The minimum atomic E-state index is -0.562. The summed E-state index contributed by atoms with van der Waals surface area (Å²) in [5.74, 6) is -0.395. The van der Waals surface area contributed by atoms with Crippen LogP contribution in [0.25, 0.3) is 11.8 Å². The third kappa shape index (κ3) is 3.27. The Kier molecular flexibility index (Phi) is 4.56. The van der Waals surface area contributed by atoms with Gasteiger partial charge in [0.2, 0.25) is 5.90 Å². The summed E-state index contributed by atoms with van der Waals surface area (Å²) in [5, 5.41) is 5.30. The molecule has 27 heavy (non-hydrogen) atoms. The fraction of sp³-hybridized carbons (Fsp3) is 0.0500. The second-order valence-electron chi connectivity index (χ2n) is 5.85. The molecule has 0 radical (unpaired) electrons. The van der Waals surface area contributed by atoms with Gasteiger partial charge in [-0.2, -0.15) is 5.10 Å². The van der Waals surface area contributed by atoms with E-state index in [1.54, 1.807) is 35.0 Å². The van der Waals surface area contributed by atoms with Crippen LogP contribution in [-0.4, -0.2) is 21.6 Å². The molecule has 2 heterocycles. The number of hydrogen-bond donors (Lipinski definition) is 0. The van der Waals surface area contributed by atoms with Gasteiger partial charge in [-0.1, -0.05) is 53.5 Å². The zero-order valence-electron chi connectivity index (χ0n) is 14.2. The maximum atomic E-state index is 12.3. The zero-order chi connectivity index (χ0) is 19.0. The van der Waals surface area contributed by atoms with E-state index in [0.717, 1.165) is 5.69 Å². The van der Waals surface area contributed by atoms with E-state index in [0.29, 0.717) is 27.0 Å². The van der Waals surface area contributed by atoms with Crippen molar-refractivity contribution >= 4 is 41.1 Å². The number of benzene rings is 2. The van der Waals surface area contributed by atoms with Crippen LogP contribution >= 0.6 is 23.2 Å². The average molecular weight is 398 g/mol. The van der Waals surface area contributed by atoms with Gasteiger partial charge in [0.15, 0.2) is 5.70 Å². The van der Waals surface area contributed by atoms with Crippen molar-refractivity contribution in [3.63, 3.8) is 0 Å². The number of halogens is 2. The van der Waals surface area contributed by atoms with Crippen molar-refractivity contribution in [2.45, 2.75) is 6.92 Å². The maximum Gasteiger partial charge on any atom is 0.363 e. The average Bonchev–Trinajstić information content (AvgIpc) is 3.17. The molecule has 0 aliphatic carbocycles. The number of hydrogen-bond acceptors (Lipinski definition) is 4. The van der Waals surface area contributed by atoms with Crippen molar-refractivity contribution in [3.05, 3.63) is 87.3 Å². The first-order chi connectivity index (χ1) is 13.0. The normalized spacial score (nSPS) is 15.1. The van der Waals surface area contributed by atoms with Crippen LogP contribution in [0.2, 0.25) is 10.2 Å². The third-order valence-electron chi connectivity index (χ3n) is 4.05. The van der Waals surface area contributed by atoms with E-state index in [-0.39, 0.29) is 11.6 Å². The van der Waals surface area contributed by atoms with Crippen molar-refractivity contribution in [2.75, 3.05) is 0 Å². The van der Waals surface area contributed by atoms with Crippen LogP contribution in [0.5, 0.6) is 0 Å². The van der Waals surface area contributed by atoms with E-state index in [1.807, 2.05) is 37.3 Å². The third-order valence-corrected chi connectivity index (χ3v) is 4.75. The molecule has 0 fully saturated rings. The van der Waals surface area contributed by atoms with E-state index < -0.39 is 5.97 Å². The molecule has 5 nitrogen and oxygen atoms in total. The number of aryl methyl sites for hydroxylation is 1. The Morgan fingerprint density at radius 1 is 1.04 bits per heavy atom. The van der Waals surface area contributed by atoms with Crippen molar-refractivity contribution in [1.82, 2.24) is 9.78 Å². The Bertz CT molecular complexity index is 1100. The molecule has 0 N–H and O–H groups in total. The number of para-hydroxylation sites is 1. The Hall–Kier alpha value is -2.89. The number of carbonyl (C=O) groups excluding carboxylic acids is 1. The molecular formula is C20H13Cl2N3O2. The molecule has 134 valence electrons. The van der Waals surface area contributed by atoms with Crippen LogP contribution < -0.4 is 0 Å². The highest BCUT2D eigenvalue weighted by molar-refractivity contribution is 6.34. The van der Waals surface area contributed by atoms with E-state index in [2.05, 4.69) is 10.1 Å². The van der Waals surface area contributed by atoms with Gasteiger partial charge in [0.25, 0.3) is 0 Å². The topological polar surface area (TPSA) is 56.5 Å². The Labute approximate surface area is 165 Å². The van der Waals surface area contributed by atoms with Crippen LogP contribution in [0.4, 0.5) is 0 Å². The van der Waals surface area contributed by atoms with Gasteiger partial charge in [0.1, 0.15) is 5.15 Å². The van der Waals surface area contributed by atoms with Crippen molar-refractivity contribution < 1.29 is 9.53 Å². The molecule has 2 aromatic carbocycles. The molecule has 0 bridgehead atoms. The van der Waals surface area contributed by atoms with Gasteiger partial charge in [-0.25, -0.2) is 14.5 Å². The maximum absolute atomic E-state index is 12.3. The highest BCUT2D eigenvalue weighted by atomic mass is 35.5. The zero-order valence-corrected chi connectivity index (χ0v) is 15.7. The number of esters is 1. The Balaban J connectivity index is 1.75. The van der Waals surface area contributed by atoms with Crippen molar-refractivity contribution in [1.29, 1.82) is 0 Å². The number of ether oxygens (including phenoxy) is 1. The first-order valence-electron chi connectivity index (χ1n) is 8.12. The molecule has 3 aromatic rings. The van der Waals surface area contributed by atoms with Crippen LogP contribution in [0.1, 0.15) is 16.8 Å². The van der Waals surface area contributed by atoms with Gasteiger partial charge in [-0.15, -0.1) is 0 Å². The summed E-state index contributed by atoms with van der Waals surface area (Å²) >= 11 is 12.7. The van der Waals surface area contributed by atoms with E-state index >= 15 is 0 Å². The van der Waals surface area contributed by atoms with Gasteiger partial charge < -0.3 is 4.74 Å². The summed E-state index contributed by atoms with van der Waals surface area (Å²) in [4.78, 5) is 16.5. The molecule has 0 amide bonds. The predicted molar refractivity (Wildman–Crippen MR) is 105 cm³/mol.